The number of aliphatic hydroxyl groups is 1. The molecule has 0 radical (unpaired) electrons. The summed E-state index contributed by atoms with van der Waals surface area (Å²) < 4.78 is 1.99. The van der Waals surface area contributed by atoms with Crippen molar-refractivity contribution in [3.63, 3.8) is 0 Å². The summed E-state index contributed by atoms with van der Waals surface area (Å²) in [5, 5.41) is 8.92. The van der Waals surface area contributed by atoms with Crippen LogP contribution < -0.4 is 0 Å². The molecular weight excluding hydrogens is 166 g/mol. The highest BCUT2D eigenvalue weighted by Gasteiger charge is 1.99. The van der Waals surface area contributed by atoms with Gasteiger partial charge in [-0.25, -0.2) is 4.98 Å². The zero-order chi connectivity index (χ0) is 9.68. The van der Waals surface area contributed by atoms with E-state index in [-0.39, 0.29) is 6.61 Å². The van der Waals surface area contributed by atoms with Crippen LogP contribution in [0.2, 0.25) is 0 Å². The lowest BCUT2D eigenvalue weighted by Gasteiger charge is -2.10. The van der Waals surface area contributed by atoms with Crippen LogP contribution in [0.15, 0.2) is 12.4 Å². The van der Waals surface area contributed by atoms with Gasteiger partial charge in [0.2, 0.25) is 0 Å². The van der Waals surface area contributed by atoms with Crippen molar-refractivity contribution in [1.29, 1.82) is 0 Å². The molecule has 1 aromatic rings. The quantitative estimate of drug-likeness (QED) is 0.715. The van der Waals surface area contributed by atoms with Crippen LogP contribution in [0.5, 0.6) is 0 Å². The third-order valence-electron chi connectivity index (χ3n) is 1.95. The predicted octanol–water partition coefficient (Wildman–Crippen LogP) is 0.327. The number of aryl methyl sites for hydroxylation is 1. The van der Waals surface area contributed by atoms with E-state index in [0.717, 1.165) is 25.3 Å². The fraction of sp³-hybridized carbons (Fsp3) is 0.667. The molecule has 0 aliphatic carbocycles. The number of aliphatic hydroxyl groups excluding tert-OH is 1. The van der Waals surface area contributed by atoms with Crippen molar-refractivity contribution in [3.05, 3.63) is 18.2 Å². The second kappa shape index (κ2) is 4.99. The lowest BCUT2D eigenvalue weighted by atomic mass is 10.4. The van der Waals surface area contributed by atoms with Crippen molar-refractivity contribution < 1.29 is 5.11 Å². The zero-order valence-electron chi connectivity index (χ0n) is 8.27. The lowest BCUT2D eigenvalue weighted by Crippen LogP contribution is -2.15. The molecule has 0 atom stereocenters. The minimum Gasteiger partial charge on any atom is -0.388 e. The van der Waals surface area contributed by atoms with Crippen LogP contribution in [0.25, 0.3) is 0 Å². The summed E-state index contributed by atoms with van der Waals surface area (Å²) in [4.78, 5) is 6.18. The Hall–Kier alpha value is -0.870. The van der Waals surface area contributed by atoms with Gasteiger partial charge in [-0.15, -0.1) is 0 Å². The molecule has 0 bridgehead atoms. The Morgan fingerprint density at radius 2 is 2.31 bits per heavy atom. The van der Waals surface area contributed by atoms with E-state index in [9.17, 15) is 0 Å². The molecule has 4 nitrogen and oxygen atoms in total. The van der Waals surface area contributed by atoms with E-state index in [1.54, 1.807) is 6.20 Å². The van der Waals surface area contributed by atoms with Gasteiger partial charge in [0.15, 0.2) is 0 Å². The van der Waals surface area contributed by atoms with E-state index in [1.165, 1.54) is 0 Å². The van der Waals surface area contributed by atoms with Gasteiger partial charge in [0.1, 0.15) is 12.4 Å². The van der Waals surface area contributed by atoms with Crippen LogP contribution in [-0.2, 0) is 13.2 Å². The third kappa shape index (κ3) is 3.16. The van der Waals surface area contributed by atoms with Crippen LogP contribution in [-0.4, -0.2) is 40.2 Å². The molecule has 0 amide bonds. The van der Waals surface area contributed by atoms with Crippen LogP contribution in [0.3, 0.4) is 0 Å². The van der Waals surface area contributed by atoms with Gasteiger partial charge in [-0.2, -0.15) is 0 Å². The van der Waals surface area contributed by atoms with Crippen molar-refractivity contribution in [2.75, 3.05) is 20.6 Å². The van der Waals surface area contributed by atoms with Gasteiger partial charge in [0.25, 0.3) is 0 Å². The highest BCUT2D eigenvalue weighted by Crippen LogP contribution is 1.99. The largest absolute Gasteiger partial charge is 0.388 e. The highest BCUT2D eigenvalue weighted by atomic mass is 16.3. The van der Waals surface area contributed by atoms with Gasteiger partial charge >= 0.3 is 0 Å². The third-order valence-corrected chi connectivity index (χ3v) is 1.95. The SMILES string of the molecule is CN(C)CCCn1ccnc1CO. The molecule has 1 heterocycles. The predicted molar refractivity (Wildman–Crippen MR) is 51.3 cm³/mol. The maximum atomic E-state index is 8.92. The number of imidazole rings is 1. The first-order valence-electron chi connectivity index (χ1n) is 4.49. The average Bonchev–Trinajstić information content (AvgIpc) is 2.51. The molecule has 0 spiro atoms. The lowest BCUT2D eigenvalue weighted by molar-refractivity contribution is 0.263. The Bertz CT molecular complexity index is 245. The van der Waals surface area contributed by atoms with Crippen molar-refractivity contribution >= 4 is 0 Å². The number of aromatic nitrogens is 2. The maximum absolute atomic E-state index is 8.92. The van der Waals surface area contributed by atoms with E-state index in [0.29, 0.717) is 0 Å². The Kier molecular flexibility index (Phi) is 3.92. The molecule has 0 saturated heterocycles. The van der Waals surface area contributed by atoms with Crippen LogP contribution in [0, 0.1) is 0 Å². The molecule has 0 aliphatic rings. The first-order valence-corrected chi connectivity index (χ1v) is 4.49. The van der Waals surface area contributed by atoms with Crippen molar-refractivity contribution in [2.45, 2.75) is 19.6 Å². The molecular formula is C9H17N3O. The van der Waals surface area contributed by atoms with Gasteiger partial charge in [-0.1, -0.05) is 0 Å². The first-order chi connectivity index (χ1) is 6.24. The Balaban J connectivity index is 2.36. The number of rotatable bonds is 5. The van der Waals surface area contributed by atoms with E-state index in [2.05, 4.69) is 24.0 Å². The Morgan fingerprint density at radius 1 is 1.54 bits per heavy atom. The fourth-order valence-corrected chi connectivity index (χ4v) is 1.25. The second-order valence-electron chi connectivity index (χ2n) is 3.35. The second-order valence-corrected chi connectivity index (χ2v) is 3.35. The van der Waals surface area contributed by atoms with Crippen molar-refractivity contribution in [2.24, 2.45) is 0 Å². The van der Waals surface area contributed by atoms with Crippen LogP contribution in [0.4, 0.5) is 0 Å². The summed E-state index contributed by atoms with van der Waals surface area (Å²) in [6, 6.07) is 0. The Labute approximate surface area is 78.8 Å². The molecule has 0 aliphatic heterocycles. The summed E-state index contributed by atoms with van der Waals surface area (Å²) in [6.07, 6.45) is 4.71. The molecule has 74 valence electrons. The van der Waals surface area contributed by atoms with E-state index in [1.807, 2.05) is 10.8 Å². The van der Waals surface area contributed by atoms with Gasteiger partial charge in [-0.3, -0.25) is 0 Å². The average molecular weight is 183 g/mol. The monoisotopic (exact) mass is 183 g/mol. The molecule has 1 rings (SSSR count). The standard InChI is InChI=1S/C9H17N3O/c1-11(2)5-3-6-12-7-4-10-9(12)8-13/h4,7,13H,3,5-6,8H2,1-2H3. The van der Waals surface area contributed by atoms with E-state index >= 15 is 0 Å². The van der Waals surface area contributed by atoms with E-state index < -0.39 is 0 Å². The van der Waals surface area contributed by atoms with Crippen LogP contribution >= 0.6 is 0 Å². The van der Waals surface area contributed by atoms with Gasteiger partial charge in [0.05, 0.1) is 0 Å². The topological polar surface area (TPSA) is 41.3 Å². The Morgan fingerprint density at radius 3 is 2.92 bits per heavy atom. The smallest absolute Gasteiger partial charge is 0.134 e. The highest BCUT2D eigenvalue weighted by molar-refractivity contribution is 4.89. The summed E-state index contributed by atoms with van der Waals surface area (Å²) >= 11 is 0. The normalized spacial score (nSPS) is 11.1. The number of nitrogens with zero attached hydrogens (tertiary/aromatic N) is 3. The summed E-state index contributed by atoms with van der Waals surface area (Å²) in [6.45, 7) is 2.01. The summed E-state index contributed by atoms with van der Waals surface area (Å²) in [5.74, 6) is 0.749. The number of hydrogen-bond acceptors (Lipinski definition) is 3. The number of hydrogen-bond donors (Lipinski definition) is 1. The van der Waals surface area contributed by atoms with E-state index in [4.69, 9.17) is 5.11 Å². The maximum Gasteiger partial charge on any atom is 0.134 e. The van der Waals surface area contributed by atoms with Crippen molar-refractivity contribution in [3.8, 4) is 0 Å². The minimum absolute atomic E-state index is 0.0228. The van der Waals surface area contributed by atoms with Gasteiger partial charge < -0.3 is 14.6 Å². The molecule has 0 fully saturated rings. The molecule has 4 heteroatoms. The summed E-state index contributed by atoms with van der Waals surface area (Å²) in [7, 11) is 4.11. The zero-order valence-corrected chi connectivity index (χ0v) is 8.27. The van der Waals surface area contributed by atoms with Crippen molar-refractivity contribution in [1.82, 2.24) is 14.5 Å². The molecule has 0 unspecified atom stereocenters. The molecule has 0 aromatic carbocycles. The minimum atomic E-state index is 0.0228. The van der Waals surface area contributed by atoms with Gasteiger partial charge in [-0.05, 0) is 27.1 Å². The molecule has 1 N–H and O–H groups in total. The fourth-order valence-electron chi connectivity index (χ4n) is 1.25. The molecule has 0 saturated carbocycles. The summed E-state index contributed by atoms with van der Waals surface area (Å²) in [5.41, 5.74) is 0. The van der Waals surface area contributed by atoms with Crippen LogP contribution in [0.1, 0.15) is 12.2 Å². The molecule has 13 heavy (non-hydrogen) atoms. The molecule has 1 aromatic heterocycles. The van der Waals surface area contributed by atoms with Gasteiger partial charge in [0, 0.05) is 18.9 Å². The first kappa shape index (κ1) is 10.2.